The van der Waals surface area contributed by atoms with Crippen molar-refractivity contribution in [2.75, 3.05) is 50.8 Å². The van der Waals surface area contributed by atoms with Gasteiger partial charge >= 0.3 is 0 Å². The third-order valence-corrected chi connectivity index (χ3v) is 7.82. The first kappa shape index (κ1) is 20.3. The normalized spacial score (nSPS) is 32.0. The van der Waals surface area contributed by atoms with Crippen LogP contribution in [0.25, 0.3) is 0 Å². The predicted molar refractivity (Wildman–Crippen MR) is 118 cm³/mol. The highest BCUT2D eigenvalue weighted by molar-refractivity contribution is 5.94. The third kappa shape index (κ3) is 3.84. The highest BCUT2D eigenvalue weighted by Gasteiger charge is 2.47. The van der Waals surface area contributed by atoms with Crippen molar-refractivity contribution in [3.8, 4) is 0 Å². The van der Waals surface area contributed by atoms with Gasteiger partial charge in [-0.1, -0.05) is 19.8 Å². The number of ether oxygens (including phenoxy) is 1. The van der Waals surface area contributed by atoms with Crippen LogP contribution in [-0.4, -0.2) is 78.7 Å². The Kier molecular flexibility index (Phi) is 5.96. The van der Waals surface area contributed by atoms with Crippen LogP contribution in [0.1, 0.15) is 55.8 Å². The smallest absolute Gasteiger partial charge is 0.255 e. The molecule has 164 valence electrons. The Morgan fingerprint density at radius 3 is 2.73 bits per heavy atom. The summed E-state index contributed by atoms with van der Waals surface area (Å²) in [5.41, 5.74) is 0.736. The molecule has 0 spiro atoms. The van der Waals surface area contributed by atoms with Gasteiger partial charge in [-0.05, 0) is 56.2 Å². The van der Waals surface area contributed by atoms with Crippen molar-refractivity contribution in [3.63, 3.8) is 0 Å². The standard InChI is InChI=1S/C24H36N4O2/c1-2-5-21-19-14-20(22-6-3-4-9-28(21)22)17-27(16-19)24(29)18-7-8-23(25-15-18)26-10-12-30-13-11-26/h7-8,15,19-22H,2-6,9-14,16-17H2,1H3/t19-,20+,21-,22-/m0/s1. The van der Waals surface area contributed by atoms with Crippen LogP contribution in [0.2, 0.25) is 0 Å². The van der Waals surface area contributed by atoms with E-state index in [0.717, 1.165) is 50.8 Å². The molecule has 1 amide bonds. The van der Waals surface area contributed by atoms with E-state index in [-0.39, 0.29) is 5.91 Å². The summed E-state index contributed by atoms with van der Waals surface area (Å²) in [5, 5.41) is 0. The van der Waals surface area contributed by atoms with E-state index in [4.69, 9.17) is 4.74 Å². The fraction of sp³-hybridized carbons (Fsp3) is 0.750. The van der Waals surface area contributed by atoms with E-state index in [0.29, 0.717) is 23.9 Å². The molecule has 6 nitrogen and oxygen atoms in total. The van der Waals surface area contributed by atoms with Gasteiger partial charge in [-0.2, -0.15) is 0 Å². The van der Waals surface area contributed by atoms with Crippen LogP contribution in [0.4, 0.5) is 5.82 Å². The van der Waals surface area contributed by atoms with Gasteiger partial charge in [0.1, 0.15) is 5.82 Å². The number of likely N-dealkylation sites (tertiary alicyclic amines) is 1. The first-order chi connectivity index (χ1) is 14.7. The van der Waals surface area contributed by atoms with Crippen molar-refractivity contribution in [2.45, 2.75) is 57.5 Å². The van der Waals surface area contributed by atoms with Gasteiger partial charge < -0.3 is 14.5 Å². The average molecular weight is 413 g/mol. The van der Waals surface area contributed by atoms with Crippen molar-refractivity contribution in [1.82, 2.24) is 14.8 Å². The first-order valence-corrected chi connectivity index (χ1v) is 12.1. The quantitative estimate of drug-likeness (QED) is 0.761. The fourth-order valence-electron chi connectivity index (χ4n) is 6.44. The molecule has 4 fully saturated rings. The second-order valence-electron chi connectivity index (χ2n) is 9.63. The van der Waals surface area contributed by atoms with Crippen molar-refractivity contribution >= 4 is 11.7 Å². The number of carbonyl (C=O) groups excluding carboxylic acids is 1. The summed E-state index contributed by atoms with van der Waals surface area (Å²) in [4.78, 5) is 25.2. The number of carbonyl (C=O) groups is 1. The molecular weight excluding hydrogens is 376 g/mol. The fourth-order valence-corrected chi connectivity index (χ4v) is 6.44. The summed E-state index contributed by atoms with van der Waals surface area (Å²) in [6.45, 7) is 8.63. The maximum atomic E-state index is 13.4. The number of anilines is 1. The second-order valence-corrected chi connectivity index (χ2v) is 9.63. The molecule has 4 aliphatic rings. The average Bonchev–Trinajstić information content (AvgIpc) is 2.82. The van der Waals surface area contributed by atoms with Gasteiger partial charge in [0.05, 0.1) is 18.8 Å². The van der Waals surface area contributed by atoms with Crippen molar-refractivity contribution in [3.05, 3.63) is 23.9 Å². The lowest BCUT2D eigenvalue weighted by Crippen LogP contribution is -2.64. The minimum absolute atomic E-state index is 0.172. The zero-order chi connectivity index (χ0) is 20.5. The number of pyridine rings is 1. The number of aromatic nitrogens is 1. The summed E-state index contributed by atoms with van der Waals surface area (Å²) >= 11 is 0. The van der Waals surface area contributed by atoms with Crippen LogP contribution >= 0.6 is 0 Å². The van der Waals surface area contributed by atoms with Gasteiger partial charge in [0.2, 0.25) is 0 Å². The Bertz CT molecular complexity index is 733. The Labute approximate surface area is 180 Å². The van der Waals surface area contributed by atoms with Crippen molar-refractivity contribution in [2.24, 2.45) is 11.8 Å². The van der Waals surface area contributed by atoms with Gasteiger partial charge in [-0.3, -0.25) is 9.69 Å². The summed E-state index contributed by atoms with van der Waals surface area (Å²) in [6, 6.07) is 5.32. The number of nitrogens with zero attached hydrogens (tertiary/aromatic N) is 4. The van der Waals surface area contributed by atoms with Gasteiger partial charge in [0.15, 0.2) is 0 Å². The molecule has 2 bridgehead atoms. The molecule has 5 heterocycles. The highest BCUT2D eigenvalue weighted by Crippen LogP contribution is 2.42. The molecule has 0 radical (unpaired) electrons. The minimum Gasteiger partial charge on any atom is -0.378 e. The molecule has 4 saturated heterocycles. The summed E-state index contributed by atoms with van der Waals surface area (Å²) < 4.78 is 5.43. The minimum atomic E-state index is 0.172. The van der Waals surface area contributed by atoms with E-state index >= 15 is 0 Å². The molecule has 4 aliphatic heterocycles. The molecule has 4 atom stereocenters. The molecule has 30 heavy (non-hydrogen) atoms. The number of fused-ring (bicyclic) bond motifs is 4. The third-order valence-electron chi connectivity index (χ3n) is 7.82. The largest absolute Gasteiger partial charge is 0.378 e. The zero-order valence-electron chi connectivity index (χ0n) is 18.3. The second kappa shape index (κ2) is 8.83. The molecule has 1 aromatic rings. The molecule has 0 saturated carbocycles. The van der Waals surface area contributed by atoms with Crippen LogP contribution in [-0.2, 0) is 4.74 Å². The van der Waals surface area contributed by atoms with Crippen molar-refractivity contribution in [1.29, 1.82) is 0 Å². The zero-order valence-corrected chi connectivity index (χ0v) is 18.3. The number of morpholine rings is 1. The molecule has 6 heteroatoms. The van der Waals surface area contributed by atoms with E-state index in [1.165, 1.54) is 45.1 Å². The summed E-state index contributed by atoms with van der Waals surface area (Å²) in [7, 11) is 0. The molecule has 0 unspecified atom stereocenters. The van der Waals surface area contributed by atoms with E-state index < -0.39 is 0 Å². The summed E-state index contributed by atoms with van der Waals surface area (Å²) in [6.07, 6.45) is 9.61. The van der Waals surface area contributed by atoms with E-state index in [9.17, 15) is 4.79 Å². The number of hydrogen-bond acceptors (Lipinski definition) is 5. The predicted octanol–water partition coefficient (Wildman–Crippen LogP) is 3.03. The lowest BCUT2D eigenvalue weighted by Gasteiger charge is -2.57. The molecule has 1 aromatic heterocycles. The lowest BCUT2D eigenvalue weighted by molar-refractivity contribution is -0.0670. The Hall–Kier alpha value is -1.66. The number of rotatable bonds is 4. The van der Waals surface area contributed by atoms with Gasteiger partial charge in [0, 0.05) is 44.5 Å². The number of amides is 1. The lowest BCUT2D eigenvalue weighted by atomic mass is 9.71. The number of hydrogen-bond donors (Lipinski definition) is 0. The van der Waals surface area contributed by atoms with Crippen LogP contribution < -0.4 is 4.90 Å². The van der Waals surface area contributed by atoms with E-state index in [1.807, 2.05) is 12.1 Å². The van der Waals surface area contributed by atoms with Crippen molar-refractivity contribution < 1.29 is 9.53 Å². The highest BCUT2D eigenvalue weighted by atomic mass is 16.5. The summed E-state index contributed by atoms with van der Waals surface area (Å²) in [5.74, 6) is 2.39. The topological polar surface area (TPSA) is 48.9 Å². The SMILES string of the molecule is CCC[C@H]1[C@H]2C[C@H](CN(C(=O)c3ccc(N4CCOCC4)nc3)C2)[C@@H]2CCCCN21. The monoisotopic (exact) mass is 412 g/mol. The Balaban J connectivity index is 1.30. The van der Waals surface area contributed by atoms with E-state index in [2.05, 4.69) is 26.6 Å². The first-order valence-electron chi connectivity index (χ1n) is 12.1. The maximum Gasteiger partial charge on any atom is 0.255 e. The molecule has 0 aromatic carbocycles. The Morgan fingerprint density at radius 1 is 1.13 bits per heavy atom. The Morgan fingerprint density at radius 2 is 1.97 bits per heavy atom. The molecule has 5 rings (SSSR count). The van der Waals surface area contributed by atoms with Crippen LogP contribution in [0.3, 0.4) is 0 Å². The maximum absolute atomic E-state index is 13.4. The molecule has 0 aliphatic carbocycles. The number of piperidine rings is 3. The van der Waals surface area contributed by atoms with Crippen LogP contribution in [0.15, 0.2) is 18.3 Å². The van der Waals surface area contributed by atoms with Gasteiger partial charge in [0.25, 0.3) is 5.91 Å². The van der Waals surface area contributed by atoms with Gasteiger partial charge in [-0.25, -0.2) is 4.98 Å². The van der Waals surface area contributed by atoms with Crippen LogP contribution in [0.5, 0.6) is 0 Å². The molecule has 0 N–H and O–H groups in total. The van der Waals surface area contributed by atoms with Crippen LogP contribution in [0, 0.1) is 11.8 Å². The molecular formula is C24H36N4O2. The van der Waals surface area contributed by atoms with Gasteiger partial charge in [-0.15, -0.1) is 0 Å². The van der Waals surface area contributed by atoms with E-state index in [1.54, 1.807) is 6.20 Å².